The van der Waals surface area contributed by atoms with Crippen LogP contribution in [0.3, 0.4) is 0 Å². The predicted molar refractivity (Wildman–Crippen MR) is 68.1 cm³/mol. The van der Waals surface area contributed by atoms with Crippen LogP contribution < -0.4 is 5.32 Å². The first-order chi connectivity index (χ1) is 9.19. The van der Waals surface area contributed by atoms with Gasteiger partial charge < -0.3 is 15.1 Å². The van der Waals surface area contributed by atoms with E-state index >= 15 is 0 Å². The number of rotatable bonds is 6. The van der Waals surface area contributed by atoms with E-state index in [1.165, 1.54) is 0 Å². The summed E-state index contributed by atoms with van der Waals surface area (Å²) in [6.07, 6.45) is -2.97. The molecule has 118 valence electrons. The average Bonchev–Trinajstić information content (AvgIpc) is 2.74. The van der Waals surface area contributed by atoms with Crippen molar-refractivity contribution in [2.45, 2.75) is 31.3 Å². The Hall–Kier alpha value is -0.860. The number of alkyl halides is 3. The SMILES string of the molecule is CN(CCOC(F)(F)F)CC1CCC(C(=O)N(C)C)N1. The van der Waals surface area contributed by atoms with Crippen LogP contribution in [-0.2, 0) is 9.53 Å². The van der Waals surface area contributed by atoms with E-state index in [4.69, 9.17) is 0 Å². The lowest BCUT2D eigenvalue weighted by Crippen LogP contribution is -2.45. The number of nitrogens with zero attached hydrogens (tertiary/aromatic N) is 2. The number of amides is 1. The van der Waals surface area contributed by atoms with Gasteiger partial charge in [-0.25, -0.2) is 0 Å². The zero-order valence-corrected chi connectivity index (χ0v) is 12.0. The third-order valence-corrected chi connectivity index (χ3v) is 3.25. The minimum Gasteiger partial charge on any atom is -0.347 e. The lowest BCUT2D eigenvalue weighted by Gasteiger charge is -2.22. The quantitative estimate of drug-likeness (QED) is 0.782. The fourth-order valence-corrected chi connectivity index (χ4v) is 2.25. The van der Waals surface area contributed by atoms with E-state index in [1.54, 1.807) is 30.9 Å². The maximum atomic E-state index is 11.8. The Labute approximate surface area is 117 Å². The predicted octanol–water partition coefficient (Wildman–Crippen LogP) is 0.663. The van der Waals surface area contributed by atoms with Crippen molar-refractivity contribution in [3.05, 3.63) is 0 Å². The van der Waals surface area contributed by atoms with Crippen LogP contribution in [0.5, 0.6) is 0 Å². The van der Waals surface area contributed by atoms with Crippen LogP contribution in [0.25, 0.3) is 0 Å². The molecule has 1 saturated heterocycles. The van der Waals surface area contributed by atoms with Crippen molar-refractivity contribution in [3.63, 3.8) is 0 Å². The summed E-state index contributed by atoms with van der Waals surface area (Å²) in [6.45, 7) is 0.412. The Morgan fingerprint density at radius 1 is 1.30 bits per heavy atom. The molecular weight excluding hydrogens is 275 g/mol. The van der Waals surface area contributed by atoms with E-state index in [0.29, 0.717) is 6.54 Å². The van der Waals surface area contributed by atoms with Gasteiger partial charge in [0.15, 0.2) is 0 Å². The molecule has 1 aliphatic rings. The molecule has 0 saturated carbocycles. The van der Waals surface area contributed by atoms with Crippen LogP contribution in [0.15, 0.2) is 0 Å². The maximum Gasteiger partial charge on any atom is 0.522 e. The molecule has 2 atom stereocenters. The van der Waals surface area contributed by atoms with Crippen molar-refractivity contribution in [2.24, 2.45) is 0 Å². The zero-order valence-electron chi connectivity index (χ0n) is 12.0. The van der Waals surface area contributed by atoms with E-state index in [0.717, 1.165) is 12.8 Å². The molecular formula is C12H22F3N3O2. The Morgan fingerprint density at radius 3 is 2.50 bits per heavy atom. The first-order valence-electron chi connectivity index (χ1n) is 6.55. The van der Waals surface area contributed by atoms with Crippen molar-refractivity contribution in [3.8, 4) is 0 Å². The summed E-state index contributed by atoms with van der Waals surface area (Å²) in [5.74, 6) is 0.0376. The molecule has 0 radical (unpaired) electrons. The molecule has 0 spiro atoms. The van der Waals surface area contributed by atoms with Crippen molar-refractivity contribution in [1.29, 1.82) is 0 Å². The summed E-state index contributed by atoms with van der Waals surface area (Å²) >= 11 is 0. The molecule has 20 heavy (non-hydrogen) atoms. The molecule has 1 N–H and O–H groups in total. The summed E-state index contributed by atoms with van der Waals surface area (Å²) in [7, 11) is 5.15. The largest absolute Gasteiger partial charge is 0.522 e. The number of likely N-dealkylation sites (N-methyl/N-ethyl adjacent to an activating group) is 2. The van der Waals surface area contributed by atoms with E-state index in [-0.39, 0.29) is 31.1 Å². The molecule has 8 heteroatoms. The smallest absolute Gasteiger partial charge is 0.347 e. The van der Waals surface area contributed by atoms with E-state index in [1.807, 2.05) is 0 Å². The van der Waals surface area contributed by atoms with Gasteiger partial charge in [-0.3, -0.25) is 9.53 Å². The van der Waals surface area contributed by atoms with Crippen LogP contribution >= 0.6 is 0 Å². The summed E-state index contributed by atoms with van der Waals surface area (Å²) in [6, 6.07) is -0.0605. The number of ether oxygens (including phenoxy) is 1. The van der Waals surface area contributed by atoms with Gasteiger partial charge in [0.2, 0.25) is 5.91 Å². The molecule has 0 aromatic carbocycles. The Morgan fingerprint density at radius 2 is 1.95 bits per heavy atom. The monoisotopic (exact) mass is 297 g/mol. The lowest BCUT2D eigenvalue weighted by molar-refractivity contribution is -0.324. The molecule has 2 unspecified atom stereocenters. The number of hydrogen-bond donors (Lipinski definition) is 1. The summed E-state index contributed by atoms with van der Waals surface area (Å²) < 4.78 is 39.2. The molecule has 0 aromatic heterocycles. The minimum absolute atomic E-state index is 0.0376. The number of carbonyl (C=O) groups excluding carboxylic acids is 1. The normalized spacial score (nSPS) is 23.4. The highest BCUT2D eigenvalue weighted by Gasteiger charge is 2.31. The Kier molecular flexibility index (Phi) is 6.22. The average molecular weight is 297 g/mol. The third-order valence-electron chi connectivity index (χ3n) is 3.25. The number of hydrogen-bond acceptors (Lipinski definition) is 4. The van der Waals surface area contributed by atoms with Crippen molar-refractivity contribution < 1.29 is 22.7 Å². The third kappa shape index (κ3) is 6.06. The second-order valence-electron chi connectivity index (χ2n) is 5.28. The first-order valence-corrected chi connectivity index (χ1v) is 6.55. The van der Waals surface area contributed by atoms with Gasteiger partial charge in [0.05, 0.1) is 12.6 Å². The number of nitrogens with one attached hydrogen (secondary N) is 1. The van der Waals surface area contributed by atoms with Gasteiger partial charge in [-0.2, -0.15) is 0 Å². The van der Waals surface area contributed by atoms with Gasteiger partial charge in [-0.1, -0.05) is 0 Å². The van der Waals surface area contributed by atoms with E-state index in [9.17, 15) is 18.0 Å². The molecule has 5 nitrogen and oxygen atoms in total. The van der Waals surface area contributed by atoms with Crippen LogP contribution in [0, 0.1) is 0 Å². The van der Waals surface area contributed by atoms with Gasteiger partial charge in [0, 0.05) is 33.2 Å². The zero-order chi connectivity index (χ0) is 15.3. The second-order valence-corrected chi connectivity index (χ2v) is 5.28. The standard InChI is InChI=1S/C12H22F3N3O2/c1-17(2)11(19)10-5-4-9(16-10)8-18(3)6-7-20-12(13,14)15/h9-10,16H,4-8H2,1-3H3. The summed E-state index contributed by atoms with van der Waals surface area (Å²) in [5.41, 5.74) is 0. The fraction of sp³-hybridized carbons (Fsp3) is 0.917. The molecule has 0 aliphatic carbocycles. The molecule has 1 rings (SSSR count). The molecule has 0 aromatic rings. The molecule has 1 aliphatic heterocycles. The Balaban J connectivity index is 2.24. The van der Waals surface area contributed by atoms with Gasteiger partial charge in [0.25, 0.3) is 0 Å². The van der Waals surface area contributed by atoms with Crippen LogP contribution in [-0.4, -0.2) is 75.0 Å². The van der Waals surface area contributed by atoms with E-state index < -0.39 is 6.36 Å². The topological polar surface area (TPSA) is 44.8 Å². The Bertz CT molecular complexity index is 324. The minimum atomic E-state index is -4.57. The number of carbonyl (C=O) groups is 1. The first kappa shape index (κ1) is 17.2. The van der Waals surface area contributed by atoms with Gasteiger partial charge >= 0.3 is 6.36 Å². The van der Waals surface area contributed by atoms with Gasteiger partial charge in [0.1, 0.15) is 0 Å². The van der Waals surface area contributed by atoms with Crippen molar-refractivity contribution in [1.82, 2.24) is 15.1 Å². The molecule has 1 amide bonds. The highest BCUT2D eigenvalue weighted by atomic mass is 19.4. The highest BCUT2D eigenvalue weighted by Crippen LogP contribution is 2.16. The van der Waals surface area contributed by atoms with E-state index in [2.05, 4.69) is 10.1 Å². The van der Waals surface area contributed by atoms with Crippen LogP contribution in [0.2, 0.25) is 0 Å². The number of halogens is 3. The van der Waals surface area contributed by atoms with Crippen LogP contribution in [0.4, 0.5) is 13.2 Å². The molecule has 0 bridgehead atoms. The van der Waals surface area contributed by atoms with Crippen LogP contribution in [0.1, 0.15) is 12.8 Å². The molecule has 1 heterocycles. The van der Waals surface area contributed by atoms with Gasteiger partial charge in [-0.15, -0.1) is 13.2 Å². The van der Waals surface area contributed by atoms with Crippen molar-refractivity contribution in [2.75, 3.05) is 40.8 Å². The highest BCUT2D eigenvalue weighted by molar-refractivity contribution is 5.81. The van der Waals surface area contributed by atoms with Crippen molar-refractivity contribution >= 4 is 5.91 Å². The molecule has 1 fully saturated rings. The fourth-order valence-electron chi connectivity index (χ4n) is 2.25. The van der Waals surface area contributed by atoms with Gasteiger partial charge in [-0.05, 0) is 19.9 Å². The lowest BCUT2D eigenvalue weighted by atomic mass is 10.2. The summed E-state index contributed by atoms with van der Waals surface area (Å²) in [5, 5.41) is 3.21. The summed E-state index contributed by atoms with van der Waals surface area (Å²) in [4.78, 5) is 15.1. The maximum absolute atomic E-state index is 11.8. The second kappa shape index (κ2) is 7.24.